The maximum Gasteiger partial charge on any atom is 0.140 e. The zero-order valence-corrected chi connectivity index (χ0v) is 11.5. The fourth-order valence-corrected chi connectivity index (χ4v) is 5.24. The van der Waals surface area contributed by atoms with Crippen molar-refractivity contribution < 1.29 is 0 Å². The van der Waals surface area contributed by atoms with E-state index in [9.17, 15) is 0 Å². The summed E-state index contributed by atoms with van der Waals surface area (Å²) in [5.74, 6) is 0. The third-order valence-corrected chi connectivity index (χ3v) is 8.24. The molecule has 0 bridgehead atoms. The molecule has 0 aromatic heterocycles. The van der Waals surface area contributed by atoms with Crippen LogP contribution in [-0.2, 0) is 0 Å². The van der Waals surface area contributed by atoms with Gasteiger partial charge in [0.2, 0.25) is 0 Å². The van der Waals surface area contributed by atoms with Crippen molar-refractivity contribution in [3.8, 4) is 0 Å². The average Bonchev–Trinajstić information content (AvgIpc) is 2.39. The van der Waals surface area contributed by atoms with Gasteiger partial charge >= 0.3 is 0 Å². The predicted octanol–water partition coefficient (Wildman–Crippen LogP) is 2.99. The van der Waals surface area contributed by atoms with Crippen LogP contribution in [0.2, 0.25) is 6.55 Å². The van der Waals surface area contributed by atoms with Crippen LogP contribution >= 0.6 is 0 Å². The second kappa shape index (κ2) is 4.72. The molecular weight excluding hydrogens is 220 g/mol. The highest BCUT2D eigenvalue weighted by atomic mass is 28.3. The summed E-state index contributed by atoms with van der Waals surface area (Å²) >= 11 is 0. The zero-order valence-electron chi connectivity index (χ0n) is 10.5. The first-order valence-electron chi connectivity index (χ1n) is 5.92. The van der Waals surface area contributed by atoms with Crippen molar-refractivity contribution in [3.05, 3.63) is 72.4 Å². The summed E-state index contributed by atoms with van der Waals surface area (Å²) in [7, 11) is -1.77. The van der Waals surface area contributed by atoms with Gasteiger partial charge in [-0.3, -0.25) is 0 Å². The molecule has 86 valence electrons. The highest BCUT2D eigenvalue weighted by Gasteiger charge is 2.32. The lowest BCUT2D eigenvalue weighted by atomic mass is 10.4. The molecule has 17 heavy (non-hydrogen) atoms. The topological polar surface area (TPSA) is 0 Å². The molecule has 0 fully saturated rings. The first kappa shape index (κ1) is 11.9. The van der Waals surface area contributed by atoms with Crippen LogP contribution in [0.4, 0.5) is 0 Å². The van der Waals surface area contributed by atoms with E-state index in [0.717, 1.165) is 0 Å². The van der Waals surface area contributed by atoms with Crippen molar-refractivity contribution in [2.45, 2.75) is 13.5 Å². The molecule has 0 spiro atoms. The van der Waals surface area contributed by atoms with Crippen LogP contribution in [0.25, 0.3) is 0 Å². The Kier molecular flexibility index (Phi) is 3.30. The van der Waals surface area contributed by atoms with Crippen molar-refractivity contribution in [3.63, 3.8) is 0 Å². The fraction of sp³-hybridized carbons (Fsp3) is 0.125. The van der Waals surface area contributed by atoms with Gasteiger partial charge in [0.05, 0.1) is 0 Å². The molecule has 0 amide bonds. The van der Waals surface area contributed by atoms with Gasteiger partial charge in [-0.1, -0.05) is 72.4 Å². The Morgan fingerprint density at radius 3 is 1.47 bits per heavy atom. The summed E-state index contributed by atoms with van der Waals surface area (Å²) in [6.45, 7) is 8.78. The van der Waals surface area contributed by atoms with Crippen LogP contribution in [0.15, 0.2) is 72.4 Å². The van der Waals surface area contributed by atoms with E-state index in [-0.39, 0.29) is 0 Å². The Bertz CT molecular complexity index is 460. The molecular formula is C16H18Si. The van der Waals surface area contributed by atoms with Crippen molar-refractivity contribution in [2.75, 3.05) is 0 Å². The SMILES string of the molecule is C=C(C)[Si](C)(c1ccccc1)c1ccccc1. The molecule has 0 saturated heterocycles. The summed E-state index contributed by atoms with van der Waals surface area (Å²) in [6.07, 6.45) is 0. The van der Waals surface area contributed by atoms with Gasteiger partial charge in [0, 0.05) is 0 Å². The summed E-state index contributed by atoms with van der Waals surface area (Å²) in [5.41, 5.74) is 0. The smallest absolute Gasteiger partial charge is 0.103 e. The van der Waals surface area contributed by atoms with Crippen molar-refractivity contribution in [1.82, 2.24) is 0 Å². The van der Waals surface area contributed by atoms with E-state index in [0.29, 0.717) is 0 Å². The monoisotopic (exact) mass is 238 g/mol. The Hall–Kier alpha value is -1.60. The lowest BCUT2D eigenvalue weighted by Crippen LogP contribution is -2.56. The van der Waals surface area contributed by atoms with Crippen molar-refractivity contribution in [2.24, 2.45) is 0 Å². The summed E-state index contributed by atoms with van der Waals surface area (Å²) in [4.78, 5) is 0. The molecule has 0 nitrogen and oxygen atoms in total. The second-order valence-electron chi connectivity index (χ2n) is 4.64. The molecule has 0 atom stereocenters. The molecule has 2 aromatic carbocycles. The zero-order chi connectivity index (χ0) is 12.3. The molecule has 2 aromatic rings. The number of benzene rings is 2. The lowest BCUT2D eigenvalue weighted by molar-refractivity contribution is 1.58. The molecule has 1 heteroatoms. The fourth-order valence-electron chi connectivity index (χ4n) is 2.20. The maximum absolute atomic E-state index is 4.24. The Balaban J connectivity index is 2.59. The van der Waals surface area contributed by atoms with Crippen LogP contribution in [0, 0.1) is 0 Å². The summed E-state index contributed by atoms with van der Waals surface area (Å²) in [6, 6.07) is 21.5. The van der Waals surface area contributed by atoms with E-state index in [4.69, 9.17) is 0 Å². The maximum atomic E-state index is 4.24. The minimum Gasteiger partial charge on any atom is -0.103 e. The molecule has 0 radical (unpaired) electrons. The van der Waals surface area contributed by atoms with Gasteiger partial charge in [-0.2, -0.15) is 0 Å². The molecule has 0 aliphatic carbocycles. The minimum absolute atomic E-state index is 1.30. The highest BCUT2D eigenvalue weighted by Crippen LogP contribution is 2.13. The van der Waals surface area contributed by atoms with Gasteiger partial charge in [-0.25, -0.2) is 0 Å². The minimum atomic E-state index is -1.77. The third kappa shape index (κ3) is 2.11. The summed E-state index contributed by atoms with van der Waals surface area (Å²) < 4.78 is 0. The van der Waals surface area contributed by atoms with Gasteiger partial charge in [0.1, 0.15) is 8.07 Å². The van der Waals surface area contributed by atoms with Crippen LogP contribution in [0.5, 0.6) is 0 Å². The van der Waals surface area contributed by atoms with E-state index < -0.39 is 8.07 Å². The Morgan fingerprint density at radius 1 is 0.824 bits per heavy atom. The van der Waals surface area contributed by atoms with E-state index in [1.807, 2.05) is 0 Å². The number of allylic oxidation sites excluding steroid dienone is 1. The number of rotatable bonds is 3. The number of hydrogen-bond acceptors (Lipinski definition) is 0. The molecule has 0 N–H and O–H groups in total. The highest BCUT2D eigenvalue weighted by molar-refractivity contribution is 7.06. The van der Waals surface area contributed by atoms with E-state index >= 15 is 0 Å². The first-order chi connectivity index (χ1) is 8.15. The lowest BCUT2D eigenvalue weighted by Gasteiger charge is -2.29. The Morgan fingerprint density at radius 2 is 1.18 bits per heavy atom. The van der Waals surface area contributed by atoms with E-state index in [1.165, 1.54) is 15.6 Å². The molecule has 2 rings (SSSR count). The molecule has 0 aliphatic heterocycles. The van der Waals surface area contributed by atoms with Crippen molar-refractivity contribution in [1.29, 1.82) is 0 Å². The number of hydrogen-bond donors (Lipinski definition) is 0. The van der Waals surface area contributed by atoms with Gasteiger partial charge < -0.3 is 0 Å². The van der Waals surface area contributed by atoms with E-state index in [2.05, 4.69) is 80.7 Å². The first-order valence-corrected chi connectivity index (χ1v) is 8.42. The molecule has 0 aliphatic rings. The van der Waals surface area contributed by atoms with Gasteiger partial charge in [0.25, 0.3) is 0 Å². The van der Waals surface area contributed by atoms with Crippen molar-refractivity contribution >= 4 is 18.4 Å². The normalized spacial score (nSPS) is 11.2. The van der Waals surface area contributed by atoms with E-state index in [1.54, 1.807) is 0 Å². The van der Waals surface area contributed by atoms with Crippen LogP contribution in [0.3, 0.4) is 0 Å². The van der Waals surface area contributed by atoms with Crippen LogP contribution < -0.4 is 10.4 Å². The van der Waals surface area contributed by atoms with Crippen LogP contribution in [-0.4, -0.2) is 8.07 Å². The standard InChI is InChI=1S/C16H18Si/c1-14(2)17(3,15-10-6-4-7-11-15)16-12-8-5-9-13-16/h4-13H,1H2,2-3H3. The largest absolute Gasteiger partial charge is 0.140 e. The predicted molar refractivity (Wildman–Crippen MR) is 78.6 cm³/mol. The Labute approximate surface area is 105 Å². The van der Waals surface area contributed by atoms with Gasteiger partial charge in [0.15, 0.2) is 0 Å². The van der Waals surface area contributed by atoms with Crippen LogP contribution in [0.1, 0.15) is 6.92 Å². The molecule has 0 heterocycles. The summed E-state index contributed by atoms with van der Waals surface area (Å²) in [5, 5.41) is 4.16. The third-order valence-electron chi connectivity index (χ3n) is 3.56. The quantitative estimate of drug-likeness (QED) is 0.721. The van der Waals surface area contributed by atoms with Gasteiger partial charge in [-0.15, -0.1) is 6.58 Å². The van der Waals surface area contributed by atoms with Gasteiger partial charge in [-0.05, 0) is 17.3 Å². The average molecular weight is 238 g/mol. The molecule has 0 saturated carbocycles. The molecule has 0 unspecified atom stereocenters. The second-order valence-corrected chi connectivity index (χ2v) is 8.90.